The highest BCUT2D eigenvalue weighted by Crippen LogP contribution is 2.14. The average molecular weight is 273 g/mol. The highest BCUT2D eigenvalue weighted by molar-refractivity contribution is 5.97. The van der Waals surface area contributed by atoms with Gasteiger partial charge < -0.3 is 4.52 Å². The van der Waals surface area contributed by atoms with E-state index in [2.05, 4.69) is 10.1 Å². The Morgan fingerprint density at radius 1 is 1.45 bits per heavy atom. The SMILES string of the molecule is CCc1noc(C)c1C(=O)n1ccccc1=NC(C)C. The minimum atomic E-state index is -0.152. The Morgan fingerprint density at radius 2 is 2.20 bits per heavy atom. The van der Waals surface area contributed by atoms with Crippen molar-refractivity contribution in [3.05, 3.63) is 46.9 Å². The lowest BCUT2D eigenvalue weighted by atomic mass is 10.1. The van der Waals surface area contributed by atoms with Crippen molar-refractivity contribution in [1.29, 1.82) is 0 Å². The summed E-state index contributed by atoms with van der Waals surface area (Å²) in [5.74, 6) is 0.388. The molecule has 20 heavy (non-hydrogen) atoms. The van der Waals surface area contributed by atoms with E-state index in [0.717, 1.165) is 0 Å². The highest BCUT2D eigenvalue weighted by Gasteiger charge is 2.20. The molecule has 2 rings (SSSR count). The van der Waals surface area contributed by atoms with Crippen LogP contribution in [0, 0.1) is 6.92 Å². The maximum absolute atomic E-state index is 12.7. The van der Waals surface area contributed by atoms with Crippen molar-refractivity contribution in [1.82, 2.24) is 9.72 Å². The first-order valence-corrected chi connectivity index (χ1v) is 6.76. The zero-order chi connectivity index (χ0) is 14.7. The Bertz CT molecular complexity index is 680. The molecule has 0 N–H and O–H groups in total. The monoisotopic (exact) mass is 273 g/mol. The molecular weight excluding hydrogens is 254 g/mol. The fourth-order valence-corrected chi connectivity index (χ4v) is 2.03. The third-order valence-electron chi connectivity index (χ3n) is 2.93. The molecule has 2 aromatic heterocycles. The van der Waals surface area contributed by atoms with E-state index in [-0.39, 0.29) is 11.9 Å². The van der Waals surface area contributed by atoms with Gasteiger partial charge in [-0.3, -0.25) is 14.4 Å². The van der Waals surface area contributed by atoms with E-state index < -0.39 is 0 Å². The summed E-state index contributed by atoms with van der Waals surface area (Å²) in [5.41, 5.74) is 1.85. The summed E-state index contributed by atoms with van der Waals surface area (Å²) in [6.45, 7) is 7.65. The predicted molar refractivity (Wildman–Crippen MR) is 75.5 cm³/mol. The van der Waals surface area contributed by atoms with Crippen molar-refractivity contribution < 1.29 is 9.32 Å². The first kappa shape index (κ1) is 14.2. The molecule has 0 aromatic carbocycles. The van der Waals surface area contributed by atoms with Gasteiger partial charge in [-0.15, -0.1) is 0 Å². The molecule has 0 atom stereocenters. The molecule has 0 aliphatic heterocycles. The quantitative estimate of drug-likeness (QED) is 0.862. The zero-order valence-electron chi connectivity index (χ0n) is 12.3. The molecule has 0 spiro atoms. The Kier molecular flexibility index (Phi) is 4.17. The Morgan fingerprint density at radius 3 is 2.85 bits per heavy atom. The van der Waals surface area contributed by atoms with Gasteiger partial charge in [0.15, 0.2) is 0 Å². The second kappa shape index (κ2) is 5.86. The molecule has 5 nitrogen and oxygen atoms in total. The highest BCUT2D eigenvalue weighted by atomic mass is 16.5. The third kappa shape index (κ3) is 2.71. The summed E-state index contributed by atoms with van der Waals surface area (Å²) in [7, 11) is 0. The summed E-state index contributed by atoms with van der Waals surface area (Å²) >= 11 is 0. The van der Waals surface area contributed by atoms with E-state index in [4.69, 9.17) is 4.52 Å². The fraction of sp³-hybridized carbons (Fsp3) is 0.400. The third-order valence-corrected chi connectivity index (χ3v) is 2.93. The van der Waals surface area contributed by atoms with Crippen LogP contribution in [-0.2, 0) is 6.42 Å². The zero-order valence-corrected chi connectivity index (χ0v) is 12.3. The van der Waals surface area contributed by atoms with Crippen molar-refractivity contribution in [3.63, 3.8) is 0 Å². The molecule has 0 saturated carbocycles. The Hall–Kier alpha value is -2.17. The van der Waals surface area contributed by atoms with Crippen LogP contribution in [0.2, 0.25) is 0 Å². The lowest BCUT2D eigenvalue weighted by molar-refractivity contribution is 0.0952. The van der Waals surface area contributed by atoms with E-state index in [9.17, 15) is 4.79 Å². The van der Waals surface area contributed by atoms with Crippen molar-refractivity contribution in [2.24, 2.45) is 4.99 Å². The van der Waals surface area contributed by atoms with Crippen LogP contribution in [0.4, 0.5) is 0 Å². The normalized spacial score (nSPS) is 12.2. The van der Waals surface area contributed by atoms with Gasteiger partial charge in [-0.25, -0.2) is 0 Å². The maximum Gasteiger partial charge on any atom is 0.269 e. The molecule has 0 unspecified atom stereocenters. The Labute approximate surface area is 117 Å². The first-order chi connectivity index (χ1) is 9.54. The molecule has 106 valence electrons. The van der Waals surface area contributed by atoms with Gasteiger partial charge >= 0.3 is 0 Å². The molecule has 5 heteroatoms. The van der Waals surface area contributed by atoms with Crippen molar-refractivity contribution in [2.45, 2.75) is 40.2 Å². The molecule has 0 aliphatic rings. The van der Waals surface area contributed by atoms with Gasteiger partial charge in [0.2, 0.25) is 0 Å². The first-order valence-electron chi connectivity index (χ1n) is 6.76. The van der Waals surface area contributed by atoms with Gasteiger partial charge in [0.05, 0.1) is 5.69 Å². The van der Waals surface area contributed by atoms with Crippen molar-refractivity contribution in [2.75, 3.05) is 0 Å². The van der Waals surface area contributed by atoms with Crippen LogP contribution in [0.5, 0.6) is 0 Å². The number of rotatable bonds is 3. The molecule has 0 bridgehead atoms. The van der Waals surface area contributed by atoms with Crippen LogP contribution >= 0.6 is 0 Å². The maximum atomic E-state index is 12.7. The molecule has 0 fully saturated rings. The number of carbonyl (C=O) groups excluding carboxylic acids is 1. The number of hydrogen-bond donors (Lipinski definition) is 0. The van der Waals surface area contributed by atoms with E-state index in [1.165, 1.54) is 0 Å². The molecule has 0 amide bonds. The summed E-state index contributed by atoms with van der Waals surface area (Å²) in [6.07, 6.45) is 2.37. The van der Waals surface area contributed by atoms with Gasteiger partial charge in [-0.1, -0.05) is 18.1 Å². The summed E-state index contributed by atoms with van der Waals surface area (Å²) in [5, 5.41) is 3.93. The number of pyridine rings is 1. The predicted octanol–water partition coefficient (Wildman–Crippen LogP) is 2.34. The number of carbonyl (C=O) groups is 1. The molecule has 0 aliphatic carbocycles. The molecule has 0 radical (unpaired) electrons. The number of aryl methyl sites for hydroxylation is 2. The molecule has 2 heterocycles. The van der Waals surface area contributed by atoms with Gasteiger partial charge in [-0.2, -0.15) is 0 Å². The van der Waals surface area contributed by atoms with Crippen LogP contribution < -0.4 is 5.49 Å². The standard InChI is InChI=1S/C15H19N3O2/c1-5-12-14(11(4)20-17-12)15(19)18-9-7-6-8-13(18)16-10(2)3/h6-10H,5H2,1-4H3. The second-order valence-electron chi connectivity index (χ2n) is 4.87. The van der Waals surface area contributed by atoms with Crippen LogP contribution in [0.1, 0.15) is 42.6 Å². The minimum absolute atomic E-state index is 0.116. The topological polar surface area (TPSA) is 60.4 Å². The van der Waals surface area contributed by atoms with Crippen LogP contribution in [0.15, 0.2) is 33.9 Å². The molecule has 0 saturated heterocycles. The van der Waals surface area contributed by atoms with Crippen molar-refractivity contribution >= 4 is 5.91 Å². The summed E-state index contributed by atoms with van der Waals surface area (Å²) in [4.78, 5) is 17.2. The smallest absolute Gasteiger partial charge is 0.269 e. The molecule has 2 aromatic rings. The number of nitrogens with zero attached hydrogens (tertiary/aromatic N) is 3. The summed E-state index contributed by atoms with van der Waals surface area (Å²) in [6, 6.07) is 5.62. The van der Waals surface area contributed by atoms with Gasteiger partial charge in [-0.05, 0) is 39.3 Å². The Balaban J connectivity index is 2.57. The largest absolute Gasteiger partial charge is 0.361 e. The van der Waals surface area contributed by atoms with E-state index in [1.54, 1.807) is 17.7 Å². The minimum Gasteiger partial charge on any atom is -0.361 e. The van der Waals surface area contributed by atoms with Crippen LogP contribution in [0.25, 0.3) is 0 Å². The van der Waals surface area contributed by atoms with Gasteiger partial charge in [0, 0.05) is 12.2 Å². The summed E-state index contributed by atoms with van der Waals surface area (Å²) < 4.78 is 6.68. The van der Waals surface area contributed by atoms with Gasteiger partial charge in [0.25, 0.3) is 5.91 Å². The van der Waals surface area contributed by atoms with E-state index in [0.29, 0.717) is 28.9 Å². The lowest BCUT2D eigenvalue weighted by Gasteiger charge is -2.07. The molecular formula is C15H19N3O2. The van der Waals surface area contributed by atoms with Gasteiger partial charge in [0.1, 0.15) is 16.8 Å². The van der Waals surface area contributed by atoms with E-state index >= 15 is 0 Å². The second-order valence-corrected chi connectivity index (χ2v) is 4.87. The van der Waals surface area contributed by atoms with E-state index in [1.807, 2.05) is 39.0 Å². The van der Waals surface area contributed by atoms with Crippen LogP contribution in [0.3, 0.4) is 0 Å². The fourth-order valence-electron chi connectivity index (χ4n) is 2.03. The number of aromatic nitrogens is 2. The number of hydrogen-bond acceptors (Lipinski definition) is 4. The average Bonchev–Trinajstić information content (AvgIpc) is 2.79. The van der Waals surface area contributed by atoms with Crippen LogP contribution in [-0.4, -0.2) is 21.7 Å². The van der Waals surface area contributed by atoms with Crippen molar-refractivity contribution in [3.8, 4) is 0 Å². The lowest BCUT2D eigenvalue weighted by Crippen LogP contribution is -2.28.